The molecule has 3 rings (SSSR count). The van der Waals surface area contributed by atoms with E-state index >= 15 is 0 Å². The van der Waals surface area contributed by atoms with Crippen LogP contribution in [-0.2, 0) is 6.54 Å². The Labute approximate surface area is 179 Å². The number of nitrogens with one attached hydrogen (secondary N) is 2. The molecule has 0 saturated heterocycles. The van der Waals surface area contributed by atoms with E-state index in [-0.39, 0.29) is 19.1 Å². The van der Waals surface area contributed by atoms with Gasteiger partial charge in [0.25, 0.3) is 0 Å². The summed E-state index contributed by atoms with van der Waals surface area (Å²) >= 11 is 5.89. The van der Waals surface area contributed by atoms with Crippen molar-refractivity contribution in [2.45, 2.75) is 25.4 Å². The second-order valence-corrected chi connectivity index (χ2v) is 7.05. The number of carbonyl (C=O) groups is 1. The molecule has 10 heteroatoms. The van der Waals surface area contributed by atoms with Gasteiger partial charge in [0.2, 0.25) is 0 Å². The molecule has 3 aromatic rings. The van der Waals surface area contributed by atoms with E-state index in [1.165, 1.54) is 4.80 Å². The first-order valence-corrected chi connectivity index (χ1v) is 9.73. The number of benzene rings is 2. The van der Waals surface area contributed by atoms with Crippen LogP contribution in [0.25, 0.3) is 0 Å². The number of carbonyl (C=O) groups excluding carboxylic acids is 1. The topological polar surface area (TPSA) is 114 Å². The summed E-state index contributed by atoms with van der Waals surface area (Å²) in [4.78, 5) is 13.9. The van der Waals surface area contributed by atoms with Gasteiger partial charge in [-0.25, -0.2) is 4.79 Å². The number of hydrogen-bond acceptors (Lipinski definition) is 6. The number of aromatic nitrogens is 4. The van der Waals surface area contributed by atoms with Crippen molar-refractivity contribution in [2.75, 3.05) is 19.0 Å². The van der Waals surface area contributed by atoms with E-state index in [0.717, 1.165) is 11.3 Å². The molecule has 30 heavy (non-hydrogen) atoms. The van der Waals surface area contributed by atoms with Crippen LogP contribution in [0.2, 0.25) is 5.02 Å². The zero-order valence-corrected chi connectivity index (χ0v) is 17.4. The SMILES string of the molecule is COc1ccc([C@H](C)[C@H](NC(=O)Nc2ccc(Cl)cc2)c2nnn(CCO)n2)cc1. The summed E-state index contributed by atoms with van der Waals surface area (Å²) in [6.45, 7) is 2.06. The minimum Gasteiger partial charge on any atom is -0.497 e. The number of tetrazole rings is 1. The molecule has 0 spiro atoms. The van der Waals surface area contributed by atoms with Crippen molar-refractivity contribution in [3.8, 4) is 5.75 Å². The molecule has 2 aromatic carbocycles. The predicted molar refractivity (Wildman–Crippen MR) is 113 cm³/mol. The molecule has 0 fully saturated rings. The number of rotatable bonds is 8. The Balaban J connectivity index is 1.81. The zero-order valence-electron chi connectivity index (χ0n) is 16.6. The van der Waals surface area contributed by atoms with Crippen molar-refractivity contribution in [1.82, 2.24) is 25.5 Å². The molecule has 0 saturated carbocycles. The third kappa shape index (κ3) is 5.46. The summed E-state index contributed by atoms with van der Waals surface area (Å²) in [5.74, 6) is 0.916. The van der Waals surface area contributed by atoms with E-state index < -0.39 is 12.1 Å². The lowest BCUT2D eigenvalue weighted by Crippen LogP contribution is -2.36. The fourth-order valence-corrected chi connectivity index (χ4v) is 3.04. The van der Waals surface area contributed by atoms with E-state index in [9.17, 15) is 4.79 Å². The predicted octanol–water partition coefficient (Wildman–Crippen LogP) is 2.99. The second kappa shape index (κ2) is 10.0. The molecule has 3 N–H and O–H groups in total. The summed E-state index contributed by atoms with van der Waals surface area (Å²) < 4.78 is 5.21. The summed E-state index contributed by atoms with van der Waals surface area (Å²) in [6.07, 6.45) is 0. The van der Waals surface area contributed by atoms with Crippen molar-refractivity contribution in [2.24, 2.45) is 0 Å². The number of halogens is 1. The van der Waals surface area contributed by atoms with Gasteiger partial charge >= 0.3 is 6.03 Å². The van der Waals surface area contributed by atoms with Gasteiger partial charge in [-0.2, -0.15) is 4.80 Å². The van der Waals surface area contributed by atoms with Crippen LogP contribution in [0.5, 0.6) is 5.75 Å². The number of hydrogen-bond donors (Lipinski definition) is 3. The first kappa shape index (κ1) is 21.5. The van der Waals surface area contributed by atoms with Crippen molar-refractivity contribution < 1.29 is 14.6 Å². The molecule has 0 unspecified atom stereocenters. The van der Waals surface area contributed by atoms with Crippen LogP contribution >= 0.6 is 11.6 Å². The number of aliphatic hydroxyl groups is 1. The maximum absolute atomic E-state index is 12.7. The third-order valence-corrected chi connectivity index (χ3v) is 4.83. The van der Waals surface area contributed by atoms with Gasteiger partial charge in [0.1, 0.15) is 11.8 Å². The van der Waals surface area contributed by atoms with Crippen molar-refractivity contribution in [3.05, 3.63) is 64.9 Å². The fraction of sp³-hybridized carbons (Fsp3) is 0.300. The monoisotopic (exact) mass is 430 g/mol. The molecule has 158 valence electrons. The molecule has 0 aliphatic heterocycles. The minimum atomic E-state index is -0.557. The van der Waals surface area contributed by atoms with E-state index in [0.29, 0.717) is 16.5 Å². The number of anilines is 1. The van der Waals surface area contributed by atoms with Crippen molar-refractivity contribution >= 4 is 23.3 Å². The third-order valence-electron chi connectivity index (χ3n) is 4.58. The fourth-order valence-electron chi connectivity index (χ4n) is 2.92. The van der Waals surface area contributed by atoms with Crippen molar-refractivity contribution in [1.29, 1.82) is 0 Å². The number of amides is 2. The largest absolute Gasteiger partial charge is 0.497 e. The van der Waals surface area contributed by atoms with Gasteiger partial charge in [-0.1, -0.05) is 30.7 Å². The molecular weight excluding hydrogens is 408 g/mol. The lowest BCUT2D eigenvalue weighted by Gasteiger charge is -2.23. The Morgan fingerprint density at radius 1 is 1.20 bits per heavy atom. The Hall–Kier alpha value is -3.17. The van der Waals surface area contributed by atoms with Crippen LogP contribution in [0, 0.1) is 0 Å². The average Bonchev–Trinajstić information content (AvgIpc) is 3.22. The summed E-state index contributed by atoms with van der Waals surface area (Å²) in [5, 5.41) is 27.7. The highest BCUT2D eigenvalue weighted by Crippen LogP contribution is 2.30. The van der Waals surface area contributed by atoms with Crippen molar-refractivity contribution in [3.63, 3.8) is 0 Å². The van der Waals surface area contributed by atoms with Gasteiger partial charge in [-0.15, -0.1) is 10.2 Å². The van der Waals surface area contributed by atoms with Gasteiger partial charge in [0.15, 0.2) is 5.82 Å². The molecule has 0 aliphatic rings. The Morgan fingerprint density at radius 2 is 1.90 bits per heavy atom. The highest BCUT2D eigenvalue weighted by molar-refractivity contribution is 6.30. The molecule has 2 atom stereocenters. The molecule has 1 aromatic heterocycles. The quantitative estimate of drug-likeness (QED) is 0.506. The molecule has 0 bridgehead atoms. The number of aliphatic hydroxyl groups excluding tert-OH is 1. The van der Waals surface area contributed by atoms with E-state index in [4.69, 9.17) is 21.4 Å². The molecular formula is C20H23ClN6O3. The lowest BCUT2D eigenvalue weighted by atomic mass is 9.92. The van der Waals surface area contributed by atoms with Crippen LogP contribution < -0.4 is 15.4 Å². The zero-order chi connectivity index (χ0) is 21.5. The average molecular weight is 431 g/mol. The molecule has 9 nitrogen and oxygen atoms in total. The lowest BCUT2D eigenvalue weighted by molar-refractivity contribution is 0.245. The summed E-state index contributed by atoms with van der Waals surface area (Å²) in [5.41, 5.74) is 1.57. The Kier molecular flexibility index (Phi) is 7.21. The van der Waals surface area contributed by atoms with Gasteiger partial charge in [-0.05, 0) is 47.2 Å². The smallest absolute Gasteiger partial charge is 0.319 e. The summed E-state index contributed by atoms with van der Waals surface area (Å²) in [6, 6.07) is 13.4. The highest BCUT2D eigenvalue weighted by atomic mass is 35.5. The molecule has 2 amide bonds. The highest BCUT2D eigenvalue weighted by Gasteiger charge is 2.27. The van der Waals surface area contributed by atoms with E-state index in [1.807, 2.05) is 31.2 Å². The van der Waals surface area contributed by atoms with Gasteiger partial charge in [0.05, 0.1) is 20.3 Å². The number of nitrogens with zero attached hydrogens (tertiary/aromatic N) is 4. The van der Waals surface area contributed by atoms with Crippen LogP contribution in [0.3, 0.4) is 0 Å². The van der Waals surface area contributed by atoms with Crippen LogP contribution in [0.4, 0.5) is 10.5 Å². The summed E-state index contributed by atoms with van der Waals surface area (Å²) in [7, 11) is 1.60. The van der Waals surface area contributed by atoms with Crippen LogP contribution in [0.1, 0.15) is 30.3 Å². The van der Waals surface area contributed by atoms with Crippen LogP contribution in [-0.4, -0.2) is 45.1 Å². The Bertz CT molecular complexity index is 961. The first-order chi connectivity index (χ1) is 14.5. The maximum atomic E-state index is 12.7. The molecule has 1 heterocycles. The molecule has 0 radical (unpaired) electrons. The van der Waals surface area contributed by atoms with E-state index in [2.05, 4.69) is 26.0 Å². The molecule has 0 aliphatic carbocycles. The van der Waals surface area contributed by atoms with Gasteiger partial charge in [0, 0.05) is 16.6 Å². The van der Waals surface area contributed by atoms with Crippen LogP contribution in [0.15, 0.2) is 48.5 Å². The Morgan fingerprint density at radius 3 is 2.53 bits per heavy atom. The first-order valence-electron chi connectivity index (χ1n) is 9.35. The van der Waals surface area contributed by atoms with Gasteiger partial charge < -0.3 is 20.5 Å². The minimum absolute atomic E-state index is 0.112. The number of methoxy groups -OCH3 is 1. The second-order valence-electron chi connectivity index (χ2n) is 6.61. The normalized spacial score (nSPS) is 12.8. The van der Waals surface area contributed by atoms with Gasteiger partial charge in [-0.3, -0.25) is 0 Å². The number of ether oxygens (including phenoxy) is 1. The standard InChI is InChI=1S/C20H23ClN6O3/c1-13(14-3-9-17(30-2)10-4-14)18(19-24-26-27(25-19)11-12-28)23-20(29)22-16-7-5-15(21)6-8-16/h3-10,13,18,28H,11-12H2,1-2H3,(H2,22,23,29)/t13-,18-/m0/s1. The number of urea groups is 1. The maximum Gasteiger partial charge on any atom is 0.319 e. The van der Waals surface area contributed by atoms with E-state index in [1.54, 1.807) is 31.4 Å².